The second-order valence-corrected chi connectivity index (χ2v) is 19.3. The Morgan fingerprint density at radius 3 is 1.43 bits per heavy atom. The standard InChI is InChI=1S/C67H47N3/c1-67(2)60-42-49(34-37-53(60)54-38-35-50(43-61(54)67)70-63-27-15-11-23-56(63)57-24-12-16-28-64(57)70)68(48-32-29-45(30-33-48)44-17-5-3-6-18-44)65-40-39-51(52-21-9-10-22-55(52)65)46-31-36-59-58-25-13-14-26-62(58)69(66(59)41-46)47-19-7-4-8-20-47/h3-43H,1-2H3. The van der Waals surface area contributed by atoms with E-state index in [9.17, 15) is 0 Å². The van der Waals surface area contributed by atoms with E-state index in [4.69, 9.17) is 0 Å². The topological polar surface area (TPSA) is 13.1 Å². The molecule has 0 radical (unpaired) electrons. The van der Waals surface area contributed by atoms with Crippen LogP contribution in [0.1, 0.15) is 25.0 Å². The smallest absolute Gasteiger partial charge is 0.0547 e. The number of hydrogen-bond donors (Lipinski definition) is 0. The van der Waals surface area contributed by atoms with Crippen molar-refractivity contribution in [3.63, 3.8) is 0 Å². The van der Waals surface area contributed by atoms with Gasteiger partial charge < -0.3 is 14.0 Å². The molecule has 0 saturated heterocycles. The van der Waals surface area contributed by atoms with Crippen molar-refractivity contribution in [1.82, 2.24) is 9.13 Å². The molecule has 70 heavy (non-hydrogen) atoms. The molecule has 1 aliphatic rings. The molecule has 0 N–H and O–H groups in total. The summed E-state index contributed by atoms with van der Waals surface area (Å²) in [5.41, 5.74) is 20.3. The van der Waals surface area contributed by atoms with Gasteiger partial charge in [-0.2, -0.15) is 0 Å². The predicted octanol–water partition coefficient (Wildman–Crippen LogP) is 18.1. The number of benzene rings is 11. The van der Waals surface area contributed by atoms with Crippen molar-refractivity contribution in [1.29, 1.82) is 0 Å². The molecule has 2 aromatic heterocycles. The zero-order valence-corrected chi connectivity index (χ0v) is 39.0. The van der Waals surface area contributed by atoms with Gasteiger partial charge in [0.2, 0.25) is 0 Å². The summed E-state index contributed by atoms with van der Waals surface area (Å²) < 4.78 is 4.84. The number of para-hydroxylation sites is 4. The van der Waals surface area contributed by atoms with Crippen LogP contribution >= 0.6 is 0 Å². The highest BCUT2D eigenvalue weighted by molar-refractivity contribution is 6.13. The van der Waals surface area contributed by atoms with Crippen LogP contribution in [0.2, 0.25) is 0 Å². The maximum Gasteiger partial charge on any atom is 0.0547 e. The highest BCUT2D eigenvalue weighted by atomic mass is 15.1. The first-order chi connectivity index (χ1) is 34.5. The first-order valence-electron chi connectivity index (χ1n) is 24.3. The molecule has 0 aliphatic heterocycles. The number of nitrogens with zero attached hydrogens (tertiary/aromatic N) is 3. The van der Waals surface area contributed by atoms with E-state index in [0.717, 1.165) is 22.7 Å². The minimum absolute atomic E-state index is 0.259. The molecule has 14 rings (SSSR count). The Labute approximate surface area is 407 Å². The van der Waals surface area contributed by atoms with Crippen molar-refractivity contribution in [3.8, 4) is 44.8 Å². The summed E-state index contributed by atoms with van der Waals surface area (Å²) in [5, 5.41) is 7.45. The Morgan fingerprint density at radius 1 is 0.300 bits per heavy atom. The maximum atomic E-state index is 2.47. The molecular formula is C67H47N3. The number of rotatable bonds is 7. The number of fused-ring (bicyclic) bond motifs is 10. The molecule has 11 aromatic carbocycles. The molecule has 0 amide bonds. The number of anilines is 3. The molecule has 0 bridgehead atoms. The third-order valence-corrected chi connectivity index (χ3v) is 15.1. The van der Waals surface area contributed by atoms with Gasteiger partial charge in [0.15, 0.2) is 0 Å². The first-order valence-corrected chi connectivity index (χ1v) is 24.3. The summed E-state index contributed by atoms with van der Waals surface area (Å²) in [6.45, 7) is 4.79. The Bertz CT molecular complexity index is 4140. The molecule has 0 atom stereocenters. The highest BCUT2D eigenvalue weighted by Gasteiger charge is 2.37. The van der Waals surface area contributed by atoms with E-state index in [1.54, 1.807) is 0 Å². The monoisotopic (exact) mass is 893 g/mol. The summed E-state index contributed by atoms with van der Waals surface area (Å²) in [7, 11) is 0. The van der Waals surface area contributed by atoms with Crippen LogP contribution in [0, 0.1) is 0 Å². The molecule has 0 saturated carbocycles. The van der Waals surface area contributed by atoms with Crippen LogP contribution in [-0.2, 0) is 5.41 Å². The van der Waals surface area contributed by atoms with Gasteiger partial charge in [0, 0.05) is 55.1 Å². The van der Waals surface area contributed by atoms with E-state index in [1.165, 1.54) is 105 Å². The molecular weight excluding hydrogens is 847 g/mol. The highest BCUT2D eigenvalue weighted by Crippen LogP contribution is 2.52. The van der Waals surface area contributed by atoms with E-state index in [-0.39, 0.29) is 5.41 Å². The zero-order chi connectivity index (χ0) is 46.5. The quantitative estimate of drug-likeness (QED) is 0.155. The molecule has 0 unspecified atom stereocenters. The predicted molar refractivity (Wildman–Crippen MR) is 296 cm³/mol. The SMILES string of the molecule is CC1(C)c2cc(N(c3ccc(-c4ccccc4)cc3)c3ccc(-c4ccc5c6ccccc6n(-c6ccccc6)c5c4)c4ccccc34)ccc2-c2ccc(-n3c4ccccc4c4ccccc43)cc21. The van der Waals surface area contributed by atoms with Crippen LogP contribution in [-0.4, -0.2) is 9.13 Å². The lowest BCUT2D eigenvalue weighted by Crippen LogP contribution is -2.17. The zero-order valence-electron chi connectivity index (χ0n) is 39.0. The van der Waals surface area contributed by atoms with Gasteiger partial charge in [-0.05, 0) is 129 Å². The lowest BCUT2D eigenvalue weighted by Gasteiger charge is -2.29. The summed E-state index contributed by atoms with van der Waals surface area (Å²) in [6.07, 6.45) is 0. The van der Waals surface area contributed by atoms with E-state index in [1.807, 2.05) is 0 Å². The van der Waals surface area contributed by atoms with Crippen LogP contribution in [0.3, 0.4) is 0 Å². The van der Waals surface area contributed by atoms with Crippen molar-refractivity contribution in [2.24, 2.45) is 0 Å². The van der Waals surface area contributed by atoms with Crippen molar-refractivity contribution in [2.75, 3.05) is 4.90 Å². The van der Waals surface area contributed by atoms with Gasteiger partial charge in [-0.3, -0.25) is 0 Å². The van der Waals surface area contributed by atoms with Gasteiger partial charge in [-0.25, -0.2) is 0 Å². The minimum Gasteiger partial charge on any atom is -0.310 e. The molecule has 13 aromatic rings. The van der Waals surface area contributed by atoms with Crippen molar-refractivity contribution in [3.05, 3.63) is 260 Å². The van der Waals surface area contributed by atoms with Gasteiger partial charge in [0.1, 0.15) is 0 Å². The van der Waals surface area contributed by atoms with Crippen LogP contribution in [0.15, 0.2) is 249 Å². The van der Waals surface area contributed by atoms with Crippen LogP contribution in [0.5, 0.6) is 0 Å². The Morgan fingerprint density at radius 2 is 0.771 bits per heavy atom. The van der Waals surface area contributed by atoms with Gasteiger partial charge in [0.25, 0.3) is 0 Å². The third kappa shape index (κ3) is 6.08. The fourth-order valence-corrected chi connectivity index (χ4v) is 11.8. The van der Waals surface area contributed by atoms with Gasteiger partial charge in [-0.1, -0.05) is 184 Å². The second kappa shape index (κ2) is 15.6. The minimum atomic E-state index is -0.259. The Kier molecular flexibility index (Phi) is 8.93. The average Bonchev–Trinajstić information content (AvgIpc) is 4.01. The fourth-order valence-electron chi connectivity index (χ4n) is 11.8. The first kappa shape index (κ1) is 40.2. The summed E-state index contributed by atoms with van der Waals surface area (Å²) in [6, 6.07) is 91.7. The summed E-state index contributed by atoms with van der Waals surface area (Å²) in [5.74, 6) is 0. The molecule has 2 heterocycles. The molecule has 1 aliphatic carbocycles. The average molecular weight is 894 g/mol. The van der Waals surface area contributed by atoms with E-state index >= 15 is 0 Å². The third-order valence-electron chi connectivity index (χ3n) is 15.1. The molecule has 330 valence electrons. The molecule has 3 heteroatoms. The van der Waals surface area contributed by atoms with Gasteiger partial charge in [-0.15, -0.1) is 0 Å². The molecule has 3 nitrogen and oxygen atoms in total. The van der Waals surface area contributed by atoms with E-state index in [2.05, 4.69) is 277 Å². The number of hydrogen-bond acceptors (Lipinski definition) is 1. The Balaban J connectivity index is 0.923. The van der Waals surface area contributed by atoms with Crippen molar-refractivity contribution in [2.45, 2.75) is 19.3 Å². The Hall–Kier alpha value is -8.92. The normalized spacial score (nSPS) is 12.8. The second-order valence-electron chi connectivity index (χ2n) is 19.3. The van der Waals surface area contributed by atoms with Crippen LogP contribution < -0.4 is 4.90 Å². The van der Waals surface area contributed by atoms with Crippen LogP contribution in [0.4, 0.5) is 17.1 Å². The van der Waals surface area contributed by atoms with Gasteiger partial charge in [0.05, 0.1) is 27.8 Å². The van der Waals surface area contributed by atoms with E-state index in [0.29, 0.717) is 0 Å². The van der Waals surface area contributed by atoms with Crippen molar-refractivity contribution >= 4 is 71.4 Å². The van der Waals surface area contributed by atoms with Crippen molar-refractivity contribution < 1.29 is 0 Å². The maximum absolute atomic E-state index is 2.47. The summed E-state index contributed by atoms with van der Waals surface area (Å²) >= 11 is 0. The number of aromatic nitrogens is 2. The van der Waals surface area contributed by atoms with Crippen LogP contribution in [0.25, 0.3) is 99.1 Å². The van der Waals surface area contributed by atoms with Gasteiger partial charge >= 0.3 is 0 Å². The lowest BCUT2D eigenvalue weighted by atomic mass is 9.82. The lowest BCUT2D eigenvalue weighted by molar-refractivity contribution is 0.660. The largest absolute Gasteiger partial charge is 0.310 e. The molecule has 0 fully saturated rings. The molecule has 0 spiro atoms. The summed E-state index contributed by atoms with van der Waals surface area (Å²) in [4.78, 5) is 2.47. The fraction of sp³-hybridized carbons (Fsp3) is 0.0448. The van der Waals surface area contributed by atoms with E-state index < -0.39 is 0 Å².